The van der Waals surface area contributed by atoms with Crippen LogP contribution in [0.15, 0.2) is 53.3 Å². The first-order valence-corrected chi connectivity index (χ1v) is 6.30. The topological polar surface area (TPSA) is 20.2 Å². The number of halogens is 1. The molecule has 3 heteroatoms. The Morgan fingerprint density at radius 2 is 1.82 bits per heavy atom. The van der Waals surface area contributed by atoms with Gasteiger partial charge in [0.25, 0.3) is 0 Å². The lowest BCUT2D eigenvalue weighted by Crippen LogP contribution is -1.81. The lowest BCUT2D eigenvalue weighted by molar-refractivity contribution is 1.17. The maximum atomic E-state index is 3.70. The highest BCUT2D eigenvalue weighted by molar-refractivity contribution is 9.10. The Balaban J connectivity index is 2.40. The second-order valence-corrected chi connectivity index (χ2v) is 4.92. The molecule has 3 heterocycles. The highest BCUT2D eigenvalue weighted by atomic mass is 79.9. The van der Waals surface area contributed by atoms with Crippen LogP contribution in [0.25, 0.3) is 27.3 Å². The maximum Gasteiger partial charge on any atom is 0.0994 e. The smallest absolute Gasteiger partial charge is 0.0994 e. The van der Waals surface area contributed by atoms with E-state index >= 15 is 0 Å². The lowest BCUT2D eigenvalue weighted by Gasteiger charge is -1.96. The van der Waals surface area contributed by atoms with Gasteiger partial charge in [-0.05, 0) is 34.1 Å². The van der Waals surface area contributed by atoms with Gasteiger partial charge in [-0.2, -0.15) is 0 Å². The van der Waals surface area contributed by atoms with E-state index in [1.807, 2.05) is 6.07 Å². The minimum atomic E-state index is 1.11. The first-order valence-electron chi connectivity index (χ1n) is 5.51. The monoisotopic (exact) mass is 284 g/mol. The minimum Gasteiger partial charge on any atom is -0.353 e. The summed E-state index contributed by atoms with van der Waals surface area (Å²) in [6.45, 7) is 0. The molecule has 1 N–H and O–H groups in total. The summed E-state index contributed by atoms with van der Waals surface area (Å²) < 4.78 is 3.27. The van der Waals surface area contributed by atoms with Crippen LogP contribution < -0.4 is 0 Å². The van der Waals surface area contributed by atoms with Crippen molar-refractivity contribution in [1.29, 1.82) is 0 Å². The van der Waals surface area contributed by atoms with Gasteiger partial charge in [-0.1, -0.05) is 24.3 Å². The fourth-order valence-electron chi connectivity index (χ4n) is 2.49. The predicted octanol–water partition coefficient (Wildman–Crippen LogP) is 4.34. The minimum absolute atomic E-state index is 1.11. The first-order chi connectivity index (χ1) is 8.36. The number of hydrogen-bond acceptors (Lipinski definition) is 0. The van der Waals surface area contributed by atoms with E-state index in [2.05, 4.69) is 67.9 Å². The first kappa shape index (κ1) is 9.31. The molecule has 0 bridgehead atoms. The molecule has 4 aromatic rings. The van der Waals surface area contributed by atoms with Crippen molar-refractivity contribution in [2.24, 2.45) is 0 Å². The standard InChI is InChI=1S/C14H9BrN2/c15-14-12-9-5-1-2-6-10(9)16-13(12)11-7-3-4-8-17(11)14/h1-8,16H. The number of benzene rings is 1. The number of para-hydroxylation sites is 1. The van der Waals surface area contributed by atoms with E-state index in [-0.39, 0.29) is 0 Å². The van der Waals surface area contributed by atoms with Gasteiger partial charge in [0.2, 0.25) is 0 Å². The molecule has 2 nitrogen and oxygen atoms in total. The van der Waals surface area contributed by atoms with Crippen molar-refractivity contribution in [1.82, 2.24) is 9.38 Å². The maximum absolute atomic E-state index is 3.70. The van der Waals surface area contributed by atoms with Crippen LogP contribution >= 0.6 is 15.9 Å². The molecule has 82 valence electrons. The third-order valence-corrected chi connectivity index (χ3v) is 4.02. The van der Waals surface area contributed by atoms with Crippen LogP contribution in [0.5, 0.6) is 0 Å². The molecule has 0 amide bonds. The van der Waals surface area contributed by atoms with E-state index in [0.717, 1.165) is 4.60 Å². The predicted molar refractivity (Wildman–Crippen MR) is 74.5 cm³/mol. The highest BCUT2D eigenvalue weighted by Crippen LogP contribution is 2.35. The van der Waals surface area contributed by atoms with Crippen LogP contribution in [0.1, 0.15) is 0 Å². The Morgan fingerprint density at radius 1 is 1.00 bits per heavy atom. The largest absolute Gasteiger partial charge is 0.353 e. The molecular weight excluding hydrogens is 276 g/mol. The van der Waals surface area contributed by atoms with Gasteiger partial charge in [0.15, 0.2) is 0 Å². The Bertz CT molecular complexity index is 848. The molecular formula is C14H9BrN2. The van der Waals surface area contributed by atoms with Crippen molar-refractivity contribution >= 4 is 43.3 Å². The number of rotatable bonds is 0. The van der Waals surface area contributed by atoms with Gasteiger partial charge in [-0.25, -0.2) is 0 Å². The number of aromatic nitrogens is 2. The van der Waals surface area contributed by atoms with Crippen molar-refractivity contribution in [2.45, 2.75) is 0 Å². The molecule has 0 fully saturated rings. The molecule has 17 heavy (non-hydrogen) atoms. The lowest BCUT2D eigenvalue weighted by atomic mass is 10.2. The summed E-state index contributed by atoms with van der Waals surface area (Å²) in [6.07, 6.45) is 2.07. The van der Waals surface area contributed by atoms with Gasteiger partial charge >= 0.3 is 0 Å². The number of nitrogens with zero attached hydrogens (tertiary/aromatic N) is 1. The van der Waals surface area contributed by atoms with Gasteiger partial charge in [0.1, 0.15) is 0 Å². The van der Waals surface area contributed by atoms with Crippen LogP contribution in [0.2, 0.25) is 0 Å². The summed E-state index contributed by atoms with van der Waals surface area (Å²) in [7, 11) is 0. The summed E-state index contributed by atoms with van der Waals surface area (Å²) in [5.74, 6) is 0. The Kier molecular flexibility index (Phi) is 1.72. The quantitative estimate of drug-likeness (QED) is 0.496. The van der Waals surface area contributed by atoms with Crippen LogP contribution in [-0.2, 0) is 0 Å². The summed E-state index contributed by atoms with van der Waals surface area (Å²) in [5, 5.41) is 2.52. The van der Waals surface area contributed by atoms with Crippen molar-refractivity contribution in [3.8, 4) is 0 Å². The molecule has 1 aromatic carbocycles. The number of H-pyrrole nitrogens is 1. The van der Waals surface area contributed by atoms with E-state index in [0.29, 0.717) is 0 Å². The number of pyridine rings is 1. The van der Waals surface area contributed by atoms with Gasteiger partial charge in [0, 0.05) is 22.5 Å². The van der Waals surface area contributed by atoms with Gasteiger partial charge < -0.3 is 9.38 Å². The normalized spacial score (nSPS) is 11.8. The van der Waals surface area contributed by atoms with Crippen molar-refractivity contribution in [3.63, 3.8) is 0 Å². The van der Waals surface area contributed by atoms with E-state index in [1.54, 1.807) is 0 Å². The van der Waals surface area contributed by atoms with Crippen LogP contribution in [0, 0.1) is 0 Å². The van der Waals surface area contributed by atoms with Crippen molar-refractivity contribution in [3.05, 3.63) is 53.3 Å². The molecule has 3 aromatic heterocycles. The fraction of sp³-hybridized carbons (Fsp3) is 0. The number of fused-ring (bicyclic) bond motifs is 5. The van der Waals surface area contributed by atoms with E-state index in [1.165, 1.54) is 27.3 Å². The third kappa shape index (κ3) is 1.09. The second kappa shape index (κ2) is 3.14. The van der Waals surface area contributed by atoms with E-state index in [4.69, 9.17) is 0 Å². The van der Waals surface area contributed by atoms with Gasteiger partial charge in [0.05, 0.1) is 15.6 Å². The average Bonchev–Trinajstić information content (AvgIpc) is 2.88. The average molecular weight is 285 g/mol. The summed E-state index contributed by atoms with van der Waals surface area (Å²) in [6, 6.07) is 14.6. The molecule has 0 aliphatic rings. The van der Waals surface area contributed by atoms with Crippen LogP contribution in [-0.4, -0.2) is 9.38 Å². The molecule has 0 aliphatic carbocycles. The second-order valence-electron chi connectivity index (χ2n) is 4.17. The summed E-state index contributed by atoms with van der Waals surface area (Å²) >= 11 is 3.70. The van der Waals surface area contributed by atoms with E-state index < -0.39 is 0 Å². The zero-order valence-electron chi connectivity index (χ0n) is 8.94. The molecule has 0 saturated heterocycles. The Labute approximate surface area is 106 Å². The SMILES string of the molecule is Brc1c2c3ccccc3[nH]c2c2ccccn12. The highest BCUT2D eigenvalue weighted by Gasteiger charge is 2.13. The molecule has 0 aliphatic heterocycles. The van der Waals surface area contributed by atoms with Crippen molar-refractivity contribution < 1.29 is 0 Å². The fourth-order valence-corrected chi connectivity index (χ4v) is 3.21. The molecule has 0 radical (unpaired) electrons. The van der Waals surface area contributed by atoms with Crippen molar-refractivity contribution in [2.75, 3.05) is 0 Å². The molecule has 0 atom stereocenters. The summed E-state index contributed by atoms with van der Waals surface area (Å²) in [4.78, 5) is 3.49. The zero-order valence-corrected chi connectivity index (χ0v) is 10.5. The van der Waals surface area contributed by atoms with Gasteiger partial charge in [-0.15, -0.1) is 0 Å². The van der Waals surface area contributed by atoms with E-state index in [9.17, 15) is 0 Å². The Morgan fingerprint density at radius 3 is 2.76 bits per heavy atom. The van der Waals surface area contributed by atoms with Gasteiger partial charge in [-0.3, -0.25) is 0 Å². The summed E-state index contributed by atoms with van der Waals surface area (Å²) in [5.41, 5.74) is 3.58. The molecule has 0 saturated carbocycles. The number of hydrogen-bond donors (Lipinski definition) is 1. The molecule has 0 spiro atoms. The number of nitrogens with one attached hydrogen (secondary N) is 1. The third-order valence-electron chi connectivity index (χ3n) is 3.24. The van der Waals surface area contributed by atoms with Crippen LogP contribution in [0.4, 0.5) is 0 Å². The van der Waals surface area contributed by atoms with Crippen LogP contribution in [0.3, 0.4) is 0 Å². The molecule has 0 unspecified atom stereocenters. The number of aromatic amines is 1. The Hall–Kier alpha value is -1.74. The zero-order chi connectivity index (χ0) is 11.4. The molecule has 4 rings (SSSR count).